The first-order valence-corrected chi connectivity index (χ1v) is 10.5. The Labute approximate surface area is 192 Å². The van der Waals surface area contributed by atoms with Crippen molar-refractivity contribution >= 4 is 51.9 Å². The van der Waals surface area contributed by atoms with Crippen LogP contribution in [-0.4, -0.2) is 36.1 Å². The van der Waals surface area contributed by atoms with Crippen LogP contribution in [0.2, 0.25) is 10.0 Å². The lowest BCUT2D eigenvalue weighted by atomic mass is 10.2. The van der Waals surface area contributed by atoms with E-state index in [1.807, 2.05) is 29.2 Å². The molecule has 6 nitrogen and oxygen atoms in total. The third kappa shape index (κ3) is 4.78. The van der Waals surface area contributed by atoms with Gasteiger partial charge in [-0.25, -0.2) is 9.97 Å². The first-order valence-electron chi connectivity index (χ1n) is 9.72. The number of aromatic nitrogens is 2. The molecule has 0 spiro atoms. The Kier molecular flexibility index (Phi) is 6.21. The average molecular weight is 483 g/mol. The molecule has 1 saturated heterocycles. The number of nitrogens with zero attached hydrogens (tertiary/aromatic N) is 4. The Morgan fingerprint density at radius 3 is 2.34 bits per heavy atom. The zero-order valence-electron chi connectivity index (χ0n) is 16.7. The SMILES string of the molecule is Nc1c(Nc2cc(C(F)(F)F)ccc2Cl)ncnc1N1CCN(c2cccc(Cl)c2)CC1. The fraction of sp³-hybridized carbons (Fsp3) is 0.238. The van der Waals surface area contributed by atoms with Crippen LogP contribution < -0.4 is 20.9 Å². The normalized spacial score (nSPS) is 14.5. The van der Waals surface area contributed by atoms with Crippen molar-refractivity contribution in [2.45, 2.75) is 6.18 Å². The molecule has 0 saturated carbocycles. The number of anilines is 5. The quantitative estimate of drug-likeness (QED) is 0.514. The van der Waals surface area contributed by atoms with Gasteiger partial charge in [0.2, 0.25) is 0 Å². The van der Waals surface area contributed by atoms with Crippen LogP contribution in [0.4, 0.5) is 41.9 Å². The lowest BCUT2D eigenvalue weighted by Gasteiger charge is -2.37. The van der Waals surface area contributed by atoms with E-state index in [-0.39, 0.29) is 22.2 Å². The number of nitrogens with one attached hydrogen (secondary N) is 1. The minimum atomic E-state index is -4.49. The molecule has 4 rings (SSSR count). The van der Waals surface area contributed by atoms with Gasteiger partial charge in [0.1, 0.15) is 12.0 Å². The van der Waals surface area contributed by atoms with Crippen molar-refractivity contribution in [1.29, 1.82) is 0 Å². The summed E-state index contributed by atoms with van der Waals surface area (Å²) in [7, 11) is 0. The maximum absolute atomic E-state index is 13.1. The van der Waals surface area contributed by atoms with E-state index in [0.717, 1.165) is 30.9 Å². The molecule has 0 aliphatic carbocycles. The minimum absolute atomic E-state index is 0.0589. The molecule has 3 N–H and O–H groups in total. The van der Waals surface area contributed by atoms with Gasteiger partial charge in [-0.3, -0.25) is 0 Å². The van der Waals surface area contributed by atoms with E-state index in [0.29, 0.717) is 23.9 Å². The van der Waals surface area contributed by atoms with Gasteiger partial charge in [0.05, 0.1) is 16.3 Å². The summed E-state index contributed by atoms with van der Waals surface area (Å²) in [6.07, 6.45) is -3.18. The van der Waals surface area contributed by atoms with Crippen molar-refractivity contribution in [3.63, 3.8) is 0 Å². The Morgan fingerprint density at radius 2 is 1.66 bits per heavy atom. The van der Waals surface area contributed by atoms with Gasteiger partial charge in [0.15, 0.2) is 11.6 Å². The predicted molar refractivity (Wildman–Crippen MR) is 122 cm³/mol. The van der Waals surface area contributed by atoms with Crippen LogP contribution in [0.3, 0.4) is 0 Å². The number of hydrogen-bond acceptors (Lipinski definition) is 6. The van der Waals surface area contributed by atoms with E-state index in [4.69, 9.17) is 28.9 Å². The van der Waals surface area contributed by atoms with Crippen LogP contribution in [0.5, 0.6) is 0 Å². The fourth-order valence-corrected chi connectivity index (χ4v) is 3.86. The zero-order chi connectivity index (χ0) is 22.9. The van der Waals surface area contributed by atoms with Gasteiger partial charge >= 0.3 is 6.18 Å². The molecule has 0 unspecified atom stereocenters. The molecule has 2 aromatic carbocycles. The molecule has 2 heterocycles. The van der Waals surface area contributed by atoms with Crippen molar-refractivity contribution in [2.24, 2.45) is 0 Å². The summed E-state index contributed by atoms with van der Waals surface area (Å²) >= 11 is 12.2. The molecular formula is C21H19Cl2F3N6. The van der Waals surface area contributed by atoms with Crippen LogP contribution in [-0.2, 0) is 6.18 Å². The van der Waals surface area contributed by atoms with Gasteiger partial charge in [0.25, 0.3) is 0 Å². The van der Waals surface area contributed by atoms with Gasteiger partial charge in [-0.1, -0.05) is 29.3 Å². The summed E-state index contributed by atoms with van der Waals surface area (Å²) in [5.41, 5.74) is 6.78. The smallest absolute Gasteiger partial charge is 0.393 e. The van der Waals surface area contributed by atoms with E-state index in [9.17, 15) is 13.2 Å². The van der Waals surface area contributed by atoms with E-state index >= 15 is 0 Å². The molecule has 0 amide bonds. The molecule has 0 bridgehead atoms. The Balaban J connectivity index is 1.51. The number of nitrogen functional groups attached to an aromatic ring is 1. The number of benzene rings is 2. The maximum Gasteiger partial charge on any atom is 0.416 e. The van der Waals surface area contributed by atoms with Gasteiger partial charge < -0.3 is 20.9 Å². The zero-order valence-corrected chi connectivity index (χ0v) is 18.2. The third-order valence-electron chi connectivity index (χ3n) is 5.16. The fourth-order valence-electron chi connectivity index (χ4n) is 3.51. The van der Waals surface area contributed by atoms with Crippen LogP contribution in [0.25, 0.3) is 0 Å². The molecule has 168 valence electrons. The highest BCUT2D eigenvalue weighted by Crippen LogP contribution is 2.36. The molecule has 0 radical (unpaired) electrons. The number of halogens is 5. The molecule has 3 aromatic rings. The molecule has 1 aromatic heterocycles. The highest BCUT2D eigenvalue weighted by molar-refractivity contribution is 6.33. The molecule has 1 aliphatic rings. The van der Waals surface area contributed by atoms with Gasteiger partial charge in [-0.15, -0.1) is 0 Å². The largest absolute Gasteiger partial charge is 0.416 e. The lowest BCUT2D eigenvalue weighted by molar-refractivity contribution is -0.137. The van der Waals surface area contributed by atoms with Gasteiger partial charge in [0, 0.05) is 36.9 Å². The van der Waals surface area contributed by atoms with Gasteiger partial charge in [-0.05, 0) is 36.4 Å². The van der Waals surface area contributed by atoms with Gasteiger partial charge in [-0.2, -0.15) is 13.2 Å². The Hall–Kier alpha value is -2.91. The van der Waals surface area contributed by atoms with Crippen molar-refractivity contribution in [2.75, 3.05) is 47.0 Å². The number of hydrogen-bond donors (Lipinski definition) is 2. The standard InChI is InChI=1S/C21H19Cl2F3N6/c22-14-2-1-3-15(11-14)31-6-8-32(9-7-31)20-18(27)19(28-12-29-20)30-17-10-13(21(24,25)26)4-5-16(17)23/h1-5,10-12H,6-9,27H2,(H,28,29,30). The topological polar surface area (TPSA) is 70.3 Å². The Bertz CT molecular complexity index is 1120. The highest BCUT2D eigenvalue weighted by Gasteiger charge is 2.31. The maximum atomic E-state index is 13.1. The minimum Gasteiger partial charge on any atom is -0.393 e. The third-order valence-corrected chi connectivity index (χ3v) is 5.73. The van der Waals surface area contributed by atoms with Crippen LogP contribution in [0.1, 0.15) is 5.56 Å². The Morgan fingerprint density at radius 1 is 0.938 bits per heavy atom. The highest BCUT2D eigenvalue weighted by atomic mass is 35.5. The predicted octanol–water partition coefficient (Wildman–Crippen LogP) is 5.45. The van der Waals surface area contributed by atoms with Crippen LogP contribution >= 0.6 is 23.2 Å². The average Bonchev–Trinajstić information content (AvgIpc) is 2.76. The van der Waals surface area contributed by atoms with Crippen molar-refractivity contribution in [1.82, 2.24) is 9.97 Å². The first-order chi connectivity index (χ1) is 15.2. The number of alkyl halides is 3. The molecule has 32 heavy (non-hydrogen) atoms. The molecular weight excluding hydrogens is 464 g/mol. The second-order valence-electron chi connectivity index (χ2n) is 7.23. The van der Waals surface area contributed by atoms with E-state index < -0.39 is 11.7 Å². The van der Waals surface area contributed by atoms with E-state index in [1.54, 1.807) is 0 Å². The molecule has 0 atom stereocenters. The van der Waals surface area contributed by atoms with E-state index in [1.165, 1.54) is 12.4 Å². The van der Waals surface area contributed by atoms with Crippen LogP contribution in [0.15, 0.2) is 48.8 Å². The summed E-state index contributed by atoms with van der Waals surface area (Å²) in [6.45, 7) is 2.76. The lowest BCUT2D eigenvalue weighted by Crippen LogP contribution is -2.47. The second-order valence-corrected chi connectivity index (χ2v) is 8.07. The summed E-state index contributed by atoms with van der Waals surface area (Å²) in [6, 6.07) is 10.7. The van der Waals surface area contributed by atoms with E-state index in [2.05, 4.69) is 20.2 Å². The first kappa shape index (κ1) is 22.3. The van der Waals surface area contributed by atoms with Crippen molar-refractivity contribution in [3.05, 3.63) is 64.4 Å². The number of nitrogens with two attached hydrogens (primary N) is 1. The van der Waals surface area contributed by atoms with Crippen molar-refractivity contribution in [3.8, 4) is 0 Å². The summed E-state index contributed by atoms with van der Waals surface area (Å²) < 4.78 is 39.2. The number of rotatable bonds is 4. The molecule has 1 fully saturated rings. The summed E-state index contributed by atoms with van der Waals surface area (Å²) in [5.74, 6) is 0.699. The van der Waals surface area contributed by atoms with Crippen molar-refractivity contribution < 1.29 is 13.2 Å². The van der Waals surface area contributed by atoms with Crippen LogP contribution in [0, 0.1) is 0 Å². The number of piperazine rings is 1. The monoisotopic (exact) mass is 482 g/mol. The summed E-state index contributed by atoms with van der Waals surface area (Å²) in [4.78, 5) is 12.6. The summed E-state index contributed by atoms with van der Waals surface area (Å²) in [5, 5.41) is 3.61. The molecule has 11 heteroatoms. The molecule has 1 aliphatic heterocycles. The second kappa shape index (κ2) is 8.91.